The third-order valence-electron chi connectivity index (χ3n) is 2.69. The van der Waals surface area contributed by atoms with Gasteiger partial charge in [0.2, 0.25) is 0 Å². The van der Waals surface area contributed by atoms with Crippen molar-refractivity contribution in [1.82, 2.24) is 10.6 Å². The van der Waals surface area contributed by atoms with Crippen LogP contribution in [-0.4, -0.2) is 32.7 Å². The molecule has 2 N–H and O–H groups in total. The highest BCUT2D eigenvalue weighted by Crippen LogP contribution is 2.21. The van der Waals surface area contributed by atoms with Crippen molar-refractivity contribution in [2.24, 2.45) is 4.99 Å². The highest BCUT2D eigenvalue weighted by atomic mass is 16.5. The molecule has 0 spiro atoms. The van der Waals surface area contributed by atoms with Crippen LogP contribution in [0.1, 0.15) is 11.1 Å². The fourth-order valence-corrected chi connectivity index (χ4v) is 1.74. The zero-order valence-corrected chi connectivity index (χ0v) is 12.0. The summed E-state index contributed by atoms with van der Waals surface area (Å²) in [5, 5.41) is 6.29. The first kappa shape index (κ1) is 15.1. The van der Waals surface area contributed by atoms with Gasteiger partial charge in [0.25, 0.3) is 0 Å². The molecule has 0 aliphatic heterocycles. The number of hydrogen-bond donors (Lipinski definition) is 2. The molecule has 0 amide bonds. The van der Waals surface area contributed by atoms with E-state index in [0.717, 1.165) is 22.8 Å². The fourth-order valence-electron chi connectivity index (χ4n) is 1.74. The van der Waals surface area contributed by atoms with Gasteiger partial charge in [-0.25, -0.2) is 0 Å². The smallest absolute Gasteiger partial charge is 0.191 e. The maximum Gasteiger partial charge on any atom is 0.191 e. The molecule has 0 aromatic heterocycles. The molecule has 0 fully saturated rings. The van der Waals surface area contributed by atoms with Crippen LogP contribution in [0.4, 0.5) is 0 Å². The maximum atomic E-state index is 5.80. The number of benzene rings is 1. The first-order valence-electron chi connectivity index (χ1n) is 6.43. The first-order chi connectivity index (χ1) is 9.19. The number of aliphatic imine (C=N–C) groups is 1. The van der Waals surface area contributed by atoms with Crippen LogP contribution in [0.2, 0.25) is 0 Å². The molecule has 1 aromatic rings. The van der Waals surface area contributed by atoms with E-state index in [-0.39, 0.29) is 0 Å². The van der Waals surface area contributed by atoms with Crippen molar-refractivity contribution in [1.29, 1.82) is 0 Å². The van der Waals surface area contributed by atoms with Crippen molar-refractivity contribution in [3.63, 3.8) is 0 Å². The minimum atomic E-state index is 0.598. The number of ether oxygens (including phenoxy) is 1. The Balaban J connectivity index is 2.36. The molecule has 0 heterocycles. The molecule has 0 radical (unpaired) electrons. The van der Waals surface area contributed by atoms with Gasteiger partial charge >= 0.3 is 0 Å². The average Bonchev–Trinajstić information content (AvgIpc) is 2.40. The minimum Gasteiger partial charge on any atom is -0.491 e. The van der Waals surface area contributed by atoms with E-state index >= 15 is 0 Å². The number of hydrogen-bond acceptors (Lipinski definition) is 2. The van der Waals surface area contributed by atoms with Crippen LogP contribution in [0.25, 0.3) is 0 Å². The van der Waals surface area contributed by atoms with E-state index in [1.807, 2.05) is 6.07 Å². The van der Waals surface area contributed by atoms with Gasteiger partial charge in [0.15, 0.2) is 5.96 Å². The second-order valence-corrected chi connectivity index (χ2v) is 4.24. The van der Waals surface area contributed by atoms with Gasteiger partial charge < -0.3 is 15.4 Å². The third kappa shape index (κ3) is 5.04. The Kier molecular flexibility index (Phi) is 6.50. The summed E-state index contributed by atoms with van der Waals surface area (Å²) < 4.78 is 5.80. The molecule has 1 aromatic carbocycles. The van der Waals surface area contributed by atoms with Crippen molar-refractivity contribution in [3.05, 3.63) is 42.0 Å². The summed E-state index contributed by atoms with van der Waals surface area (Å²) >= 11 is 0. The second kappa shape index (κ2) is 8.19. The van der Waals surface area contributed by atoms with Gasteiger partial charge in [-0.05, 0) is 25.0 Å². The summed E-state index contributed by atoms with van der Waals surface area (Å²) in [7, 11) is 1.74. The number of aryl methyl sites for hydroxylation is 2. The lowest BCUT2D eigenvalue weighted by Crippen LogP contribution is -2.39. The molecule has 19 heavy (non-hydrogen) atoms. The molecule has 4 nitrogen and oxygen atoms in total. The zero-order valence-electron chi connectivity index (χ0n) is 12.0. The number of para-hydroxylation sites is 1. The monoisotopic (exact) mass is 261 g/mol. The first-order valence-corrected chi connectivity index (χ1v) is 6.43. The topological polar surface area (TPSA) is 45.7 Å². The van der Waals surface area contributed by atoms with Crippen molar-refractivity contribution in [2.75, 3.05) is 26.7 Å². The van der Waals surface area contributed by atoms with Gasteiger partial charge in [0.1, 0.15) is 12.4 Å². The number of rotatable bonds is 6. The zero-order chi connectivity index (χ0) is 14.1. The van der Waals surface area contributed by atoms with E-state index in [2.05, 4.69) is 48.2 Å². The van der Waals surface area contributed by atoms with Crippen LogP contribution in [-0.2, 0) is 0 Å². The molecular weight excluding hydrogens is 238 g/mol. The minimum absolute atomic E-state index is 0.598. The van der Waals surface area contributed by atoms with Gasteiger partial charge in [-0.3, -0.25) is 4.99 Å². The molecular formula is C15H23N3O. The van der Waals surface area contributed by atoms with Crippen LogP contribution >= 0.6 is 0 Å². The SMILES string of the molecule is C=CCNC(=NC)NCCOc1c(C)cccc1C. The molecule has 0 unspecified atom stereocenters. The number of guanidine groups is 1. The summed E-state index contributed by atoms with van der Waals surface area (Å²) in [6.45, 7) is 9.75. The van der Waals surface area contributed by atoms with Crippen LogP contribution in [0.3, 0.4) is 0 Å². The molecule has 0 aliphatic rings. The molecule has 0 bridgehead atoms. The van der Waals surface area contributed by atoms with E-state index in [1.165, 1.54) is 0 Å². The van der Waals surface area contributed by atoms with Crippen LogP contribution in [0, 0.1) is 13.8 Å². The lowest BCUT2D eigenvalue weighted by molar-refractivity contribution is 0.317. The summed E-state index contributed by atoms with van der Waals surface area (Å²) in [5.41, 5.74) is 2.32. The molecule has 0 aliphatic carbocycles. The van der Waals surface area contributed by atoms with E-state index < -0.39 is 0 Å². The van der Waals surface area contributed by atoms with E-state index in [9.17, 15) is 0 Å². The Morgan fingerprint density at radius 2 is 2.00 bits per heavy atom. The van der Waals surface area contributed by atoms with E-state index in [1.54, 1.807) is 13.1 Å². The van der Waals surface area contributed by atoms with Gasteiger partial charge in [-0.1, -0.05) is 24.3 Å². The highest BCUT2D eigenvalue weighted by Gasteiger charge is 2.02. The summed E-state index contributed by atoms with van der Waals surface area (Å²) in [6, 6.07) is 6.15. The van der Waals surface area contributed by atoms with E-state index in [4.69, 9.17) is 4.74 Å². The van der Waals surface area contributed by atoms with Crippen LogP contribution in [0.15, 0.2) is 35.8 Å². The number of nitrogens with zero attached hydrogens (tertiary/aromatic N) is 1. The van der Waals surface area contributed by atoms with Crippen LogP contribution in [0.5, 0.6) is 5.75 Å². The summed E-state index contributed by atoms with van der Waals surface area (Å²) in [6.07, 6.45) is 1.79. The molecule has 1 rings (SSSR count). The van der Waals surface area contributed by atoms with Gasteiger partial charge in [-0.15, -0.1) is 6.58 Å². The lowest BCUT2D eigenvalue weighted by atomic mass is 10.1. The van der Waals surface area contributed by atoms with Crippen molar-refractivity contribution in [3.8, 4) is 5.75 Å². The standard InChI is InChI=1S/C15H23N3O/c1-5-9-17-15(16-4)18-10-11-19-14-12(2)7-6-8-13(14)3/h5-8H,1,9-11H2,2-4H3,(H2,16,17,18). The van der Waals surface area contributed by atoms with Gasteiger partial charge in [0.05, 0.1) is 6.54 Å². The largest absolute Gasteiger partial charge is 0.491 e. The van der Waals surface area contributed by atoms with Crippen molar-refractivity contribution < 1.29 is 4.74 Å². The van der Waals surface area contributed by atoms with E-state index in [0.29, 0.717) is 19.7 Å². The Bertz CT molecular complexity index is 421. The predicted molar refractivity (Wildman–Crippen MR) is 81.0 cm³/mol. The predicted octanol–water partition coefficient (Wildman–Crippen LogP) is 2.03. The molecule has 0 saturated heterocycles. The highest BCUT2D eigenvalue weighted by molar-refractivity contribution is 5.79. The second-order valence-electron chi connectivity index (χ2n) is 4.24. The molecule has 104 valence electrons. The lowest BCUT2D eigenvalue weighted by Gasteiger charge is -2.14. The third-order valence-corrected chi connectivity index (χ3v) is 2.69. The summed E-state index contributed by atoms with van der Waals surface area (Å²) in [5.74, 6) is 1.73. The quantitative estimate of drug-likeness (QED) is 0.356. The van der Waals surface area contributed by atoms with Crippen molar-refractivity contribution in [2.45, 2.75) is 13.8 Å². The van der Waals surface area contributed by atoms with Gasteiger partial charge in [-0.2, -0.15) is 0 Å². The Morgan fingerprint density at radius 3 is 2.58 bits per heavy atom. The summed E-state index contributed by atoms with van der Waals surface area (Å²) in [4.78, 5) is 4.10. The normalized spacial score (nSPS) is 11.0. The Morgan fingerprint density at radius 1 is 1.32 bits per heavy atom. The molecule has 4 heteroatoms. The maximum absolute atomic E-state index is 5.80. The van der Waals surface area contributed by atoms with Crippen LogP contribution < -0.4 is 15.4 Å². The Labute approximate surface area is 115 Å². The Hall–Kier alpha value is -1.97. The average molecular weight is 261 g/mol. The molecule has 0 atom stereocenters. The fraction of sp³-hybridized carbons (Fsp3) is 0.400. The molecule has 0 saturated carbocycles. The van der Waals surface area contributed by atoms with Gasteiger partial charge in [0, 0.05) is 13.6 Å². The number of nitrogens with one attached hydrogen (secondary N) is 2. The van der Waals surface area contributed by atoms with Crippen molar-refractivity contribution >= 4 is 5.96 Å².